The lowest BCUT2D eigenvalue weighted by Crippen LogP contribution is -2.32. The zero-order chi connectivity index (χ0) is 14.2. The van der Waals surface area contributed by atoms with Crippen LogP contribution < -0.4 is 5.32 Å². The van der Waals surface area contributed by atoms with E-state index in [1.807, 2.05) is 0 Å². The van der Waals surface area contributed by atoms with E-state index >= 15 is 0 Å². The molecule has 1 atom stereocenters. The molecular formula is C13H12FNO4. The molecule has 1 unspecified atom stereocenters. The molecule has 1 amide bonds. The highest BCUT2D eigenvalue weighted by Gasteiger charge is 2.48. The predicted molar refractivity (Wildman–Crippen MR) is 63.3 cm³/mol. The van der Waals surface area contributed by atoms with Gasteiger partial charge < -0.3 is 9.84 Å². The maximum absolute atomic E-state index is 12.9. The lowest BCUT2D eigenvalue weighted by molar-refractivity contribution is -0.132. The number of ketones is 1. The number of nitrogens with one attached hydrogen (secondary N) is 1. The van der Waals surface area contributed by atoms with Crippen molar-refractivity contribution in [1.82, 2.24) is 5.32 Å². The summed E-state index contributed by atoms with van der Waals surface area (Å²) in [6, 6.07) is 5.14. The van der Waals surface area contributed by atoms with Gasteiger partial charge in [0.15, 0.2) is 5.60 Å². The lowest BCUT2D eigenvalue weighted by Gasteiger charge is -2.23. The van der Waals surface area contributed by atoms with Gasteiger partial charge in [-0.2, -0.15) is 0 Å². The van der Waals surface area contributed by atoms with Crippen molar-refractivity contribution >= 4 is 11.7 Å². The first kappa shape index (κ1) is 13.1. The number of benzene rings is 1. The van der Waals surface area contributed by atoms with Gasteiger partial charge in [0.2, 0.25) is 17.5 Å². The average Bonchev–Trinajstić information content (AvgIpc) is 2.55. The minimum absolute atomic E-state index is 0.288. The van der Waals surface area contributed by atoms with Gasteiger partial charge in [0, 0.05) is 12.5 Å². The quantitative estimate of drug-likeness (QED) is 0.849. The summed E-state index contributed by atoms with van der Waals surface area (Å²) in [5.74, 6) is -2.55. The van der Waals surface area contributed by atoms with Gasteiger partial charge in [-0.05, 0) is 19.1 Å². The van der Waals surface area contributed by atoms with Gasteiger partial charge >= 0.3 is 0 Å². The third-order valence-corrected chi connectivity index (χ3v) is 2.85. The van der Waals surface area contributed by atoms with Crippen molar-refractivity contribution in [3.8, 4) is 0 Å². The van der Waals surface area contributed by atoms with E-state index in [-0.39, 0.29) is 5.88 Å². The molecule has 1 aromatic rings. The molecule has 19 heavy (non-hydrogen) atoms. The number of halogens is 1. The van der Waals surface area contributed by atoms with Crippen LogP contribution in [0.1, 0.15) is 19.4 Å². The Kier molecular flexibility index (Phi) is 3.01. The average molecular weight is 265 g/mol. The molecule has 0 aliphatic carbocycles. The second kappa shape index (κ2) is 4.38. The highest BCUT2D eigenvalue weighted by atomic mass is 19.1. The van der Waals surface area contributed by atoms with Crippen molar-refractivity contribution in [2.24, 2.45) is 0 Å². The summed E-state index contributed by atoms with van der Waals surface area (Å²) in [6.07, 6.45) is 0. The second-order valence-electron chi connectivity index (χ2n) is 4.33. The monoisotopic (exact) mass is 265 g/mol. The van der Waals surface area contributed by atoms with Crippen molar-refractivity contribution in [3.05, 3.63) is 47.3 Å². The number of ether oxygens (including phenoxy) is 1. The first-order chi connectivity index (χ1) is 8.84. The van der Waals surface area contributed by atoms with Gasteiger partial charge in [-0.3, -0.25) is 14.9 Å². The Hall–Kier alpha value is -2.37. The Bertz CT molecular complexity index is 579. The SMILES string of the molecule is CC(=O)NC1=C(O)C(=O)C(C)(c2ccc(F)cc2)O1. The smallest absolute Gasteiger partial charge is 0.250 e. The summed E-state index contributed by atoms with van der Waals surface area (Å²) in [5.41, 5.74) is -1.10. The van der Waals surface area contributed by atoms with Crippen molar-refractivity contribution < 1.29 is 23.8 Å². The van der Waals surface area contributed by atoms with Crippen molar-refractivity contribution in [3.63, 3.8) is 0 Å². The number of hydrogen-bond acceptors (Lipinski definition) is 4. The minimum Gasteiger partial charge on any atom is -0.501 e. The van der Waals surface area contributed by atoms with Crippen molar-refractivity contribution in [2.45, 2.75) is 19.4 Å². The van der Waals surface area contributed by atoms with Crippen LogP contribution in [0, 0.1) is 5.82 Å². The topological polar surface area (TPSA) is 75.6 Å². The fourth-order valence-corrected chi connectivity index (χ4v) is 1.83. The van der Waals surface area contributed by atoms with Crippen LogP contribution in [0.3, 0.4) is 0 Å². The molecule has 0 fully saturated rings. The van der Waals surface area contributed by atoms with Gasteiger partial charge in [0.05, 0.1) is 0 Å². The van der Waals surface area contributed by atoms with E-state index in [4.69, 9.17) is 4.74 Å². The molecule has 1 aliphatic heterocycles. The van der Waals surface area contributed by atoms with E-state index in [9.17, 15) is 19.1 Å². The molecule has 0 bridgehead atoms. The molecule has 100 valence electrons. The molecule has 0 spiro atoms. The summed E-state index contributed by atoms with van der Waals surface area (Å²) >= 11 is 0. The second-order valence-corrected chi connectivity index (χ2v) is 4.33. The summed E-state index contributed by atoms with van der Waals surface area (Å²) in [5, 5.41) is 11.9. The van der Waals surface area contributed by atoms with Gasteiger partial charge in [0.1, 0.15) is 5.82 Å². The number of aliphatic hydroxyl groups is 1. The standard InChI is InChI=1S/C13H12FNO4/c1-7(16)15-12-10(17)11(18)13(2,19-12)8-3-5-9(14)6-4-8/h3-6,17H,1-2H3,(H,15,16). The number of amides is 1. The van der Waals surface area contributed by atoms with Crippen LogP contribution in [0.15, 0.2) is 35.9 Å². The summed E-state index contributed by atoms with van der Waals surface area (Å²) < 4.78 is 18.2. The van der Waals surface area contributed by atoms with Crippen LogP contribution in [0.4, 0.5) is 4.39 Å². The van der Waals surface area contributed by atoms with Crippen LogP contribution in [0.2, 0.25) is 0 Å². The molecule has 0 aromatic heterocycles. The van der Waals surface area contributed by atoms with E-state index in [1.54, 1.807) is 0 Å². The normalized spacial score (nSPS) is 22.4. The highest BCUT2D eigenvalue weighted by Crippen LogP contribution is 2.36. The van der Waals surface area contributed by atoms with E-state index < -0.39 is 28.9 Å². The van der Waals surface area contributed by atoms with Gasteiger partial charge in [-0.25, -0.2) is 4.39 Å². The number of carbonyl (C=O) groups is 2. The Labute approximate surface area is 108 Å². The molecular weight excluding hydrogens is 253 g/mol. The molecule has 1 aliphatic rings. The fourth-order valence-electron chi connectivity index (χ4n) is 1.83. The molecule has 1 aromatic carbocycles. The van der Waals surface area contributed by atoms with Crippen LogP contribution >= 0.6 is 0 Å². The van der Waals surface area contributed by atoms with Crippen molar-refractivity contribution in [1.29, 1.82) is 0 Å². The lowest BCUT2D eigenvalue weighted by atomic mass is 9.92. The van der Waals surface area contributed by atoms with E-state index in [2.05, 4.69) is 5.32 Å². The zero-order valence-corrected chi connectivity index (χ0v) is 10.4. The number of Topliss-reactive ketones (excluding diaryl/α,β-unsaturated/α-hetero) is 1. The largest absolute Gasteiger partial charge is 0.501 e. The molecule has 5 nitrogen and oxygen atoms in total. The maximum Gasteiger partial charge on any atom is 0.250 e. The first-order valence-corrected chi connectivity index (χ1v) is 5.55. The van der Waals surface area contributed by atoms with E-state index in [0.717, 1.165) is 0 Å². The van der Waals surface area contributed by atoms with Crippen molar-refractivity contribution in [2.75, 3.05) is 0 Å². The Morgan fingerprint density at radius 3 is 2.47 bits per heavy atom. The predicted octanol–water partition coefficient (Wildman–Crippen LogP) is 1.50. The van der Waals surface area contributed by atoms with Gasteiger partial charge in [0.25, 0.3) is 5.78 Å². The van der Waals surface area contributed by atoms with Gasteiger partial charge in [-0.1, -0.05) is 12.1 Å². The minimum atomic E-state index is -1.48. The Morgan fingerprint density at radius 2 is 1.95 bits per heavy atom. The number of carbonyl (C=O) groups excluding carboxylic acids is 2. The van der Waals surface area contributed by atoms with E-state index in [0.29, 0.717) is 5.56 Å². The van der Waals surface area contributed by atoms with Crippen LogP contribution in [0.25, 0.3) is 0 Å². The zero-order valence-electron chi connectivity index (χ0n) is 10.4. The third-order valence-electron chi connectivity index (χ3n) is 2.85. The highest BCUT2D eigenvalue weighted by molar-refractivity contribution is 6.03. The maximum atomic E-state index is 12.9. The Balaban J connectivity index is 2.35. The summed E-state index contributed by atoms with van der Waals surface area (Å²) in [7, 11) is 0. The fraction of sp³-hybridized carbons (Fsp3) is 0.231. The molecule has 6 heteroatoms. The van der Waals surface area contributed by atoms with E-state index in [1.165, 1.54) is 38.1 Å². The molecule has 1 heterocycles. The molecule has 0 radical (unpaired) electrons. The van der Waals surface area contributed by atoms with Crippen LogP contribution in [-0.2, 0) is 19.9 Å². The number of hydrogen-bond donors (Lipinski definition) is 2. The number of rotatable bonds is 2. The van der Waals surface area contributed by atoms with Gasteiger partial charge in [-0.15, -0.1) is 0 Å². The molecule has 2 rings (SSSR count). The van der Waals surface area contributed by atoms with Crippen LogP contribution in [-0.4, -0.2) is 16.8 Å². The van der Waals surface area contributed by atoms with Crippen LogP contribution in [0.5, 0.6) is 0 Å². The Morgan fingerprint density at radius 1 is 1.37 bits per heavy atom. The summed E-state index contributed by atoms with van der Waals surface area (Å²) in [4.78, 5) is 23.0. The molecule has 0 saturated carbocycles. The molecule has 2 N–H and O–H groups in total. The molecule has 0 saturated heterocycles. The number of aliphatic hydroxyl groups excluding tert-OH is 1. The third kappa shape index (κ3) is 2.16. The first-order valence-electron chi connectivity index (χ1n) is 5.55. The summed E-state index contributed by atoms with van der Waals surface area (Å²) in [6.45, 7) is 2.66.